The number of hydrogen-bond donors (Lipinski definition) is 0. The second-order valence-electron chi connectivity index (χ2n) is 4.30. The van der Waals surface area contributed by atoms with Gasteiger partial charge in [-0.15, -0.1) is 0 Å². The molecule has 0 bridgehead atoms. The first-order chi connectivity index (χ1) is 8.65. The summed E-state index contributed by atoms with van der Waals surface area (Å²) >= 11 is 9.75. The topological polar surface area (TPSA) is 12.9 Å². The van der Waals surface area contributed by atoms with Crippen molar-refractivity contribution in [3.8, 4) is 0 Å². The maximum Gasteiger partial charge on any atom is 0.137 e. The highest BCUT2D eigenvalue weighted by molar-refractivity contribution is 9.09. The SMILES string of the molecule is CCC(=Cc1cc2cccc(C)c2nc1Cl)CBr. The summed E-state index contributed by atoms with van der Waals surface area (Å²) in [6.07, 6.45) is 3.12. The van der Waals surface area contributed by atoms with E-state index in [0.717, 1.165) is 33.8 Å². The minimum Gasteiger partial charge on any atom is -0.235 e. The van der Waals surface area contributed by atoms with Crippen LogP contribution in [0.5, 0.6) is 0 Å². The van der Waals surface area contributed by atoms with Crippen LogP contribution < -0.4 is 0 Å². The summed E-state index contributed by atoms with van der Waals surface area (Å²) in [4.78, 5) is 4.50. The van der Waals surface area contributed by atoms with E-state index in [1.165, 1.54) is 5.57 Å². The standard InChI is InChI=1S/C15H15BrClN/c1-3-11(9-16)7-13-8-12-6-4-5-10(2)14(12)18-15(13)17/h4-8H,3,9H2,1-2H3. The molecule has 0 saturated carbocycles. The fraction of sp³-hybridized carbons (Fsp3) is 0.267. The molecule has 1 aromatic carbocycles. The van der Waals surface area contributed by atoms with Gasteiger partial charge in [0, 0.05) is 16.3 Å². The number of pyridine rings is 1. The first-order valence-corrected chi connectivity index (χ1v) is 7.47. The van der Waals surface area contributed by atoms with Gasteiger partial charge in [-0.1, -0.05) is 64.3 Å². The van der Waals surface area contributed by atoms with Crippen LogP contribution in [0.3, 0.4) is 0 Å². The highest BCUT2D eigenvalue weighted by Gasteiger charge is 2.05. The van der Waals surface area contributed by atoms with E-state index in [4.69, 9.17) is 11.6 Å². The summed E-state index contributed by atoms with van der Waals surface area (Å²) in [5, 5.41) is 2.57. The minimum atomic E-state index is 0.573. The van der Waals surface area contributed by atoms with Gasteiger partial charge in [0.1, 0.15) is 5.15 Å². The summed E-state index contributed by atoms with van der Waals surface area (Å²) in [6.45, 7) is 4.19. The molecule has 0 atom stereocenters. The number of fused-ring (bicyclic) bond motifs is 1. The summed E-state index contributed by atoms with van der Waals surface area (Å²) in [5.41, 5.74) is 4.44. The molecule has 0 radical (unpaired) electrons. The Labute approximate surface area is 121 Å². The molecule has 0 saturated heterocycles. The zero-order valence-corrected chi connectivity index (χ0v) is 12.8. The second-order valence-corrected chi connectivity index (χ2v) is 5.22. The molecule has 3 heteroatoms. The van der Waals surface area contributed by atoms with Crippen molar-refractivity contribution < 1.29 is 0 Å². The Morgan fingerprint density at radius 2 is 2.22 bits per heavy atom. The van der Waals surface area contributed by atoms with Crippen molar-refractivity contribution in [2.24, 2.45) is 0 Å². The lowest BCUT2D eigenvalue weighted by Gasteiger charge is -2.06. The van der Waals surface area contributed by atoms with Crippen LogP contribution in [0, 0.1) is 6.92 Å². The van der Waals surface area contributed by atoms with E-state index in [-0.39, 0.29) is 0 Å². The Morgan fingerprint density at radius 1 is 1.44 bits per heavy atom. The Balaban J connectivity index is 2.60. The van der Waals surface area contributed by atoms with Gasteiger partial charge in [-0.25, -0.2) is 4.98 Å². The Morgan fingerprint density at radius 3 is 2.89 bits per heavy atom. The molecule has 0 aliphatic rings. The number of nitrogens with zero attached hydrogens (tertiary/aromatic N) is 1. The first-order valence-electron chi connectivity index (χ1n) is 5.97. The number of rotatable bonds is 3. The zero-order chi connectivity index (χ0) is 13.1. The molecule has 2 aromatic rings. The fourth-order valence-corrected chi connectivity index (χ4v) is 2.65. The predicted molar refractivity (Wildman–Crippen MR) is 83.6 cm³/mol. The predicted octanol–water partition coefficient (Wildman–Crippen LogP) is 5.38. The molecule has 0 fully saturated rings. The Hall–Kier alpha value is -0.860. The van der Waals surface area contributed by atoms with Gasteiger partial charge in [0.05, 0.1) is 5.52 Å². The monoisotopic (exact) mass is 323 g/mol. The van der Waals surface area contributed by atoms with E-state index in [1.807, 2.05) is 6.07 Å². The maximum atomic E-state index is 6.26. The van der Waals surface area contributed by atoms with Gasteiger partial charge in [0.15, 0.2) is 0 Å². The second kappa shape index (κ2) is 5.85. The van der Waals surface area contributed by atoms with Crippen molar-refractivity contribution in [3.05, 3.63) is 46.1 Å². The summed E-state index contributed by atoms with van der Waals surface area (Å²) in [5.74, 6) is 0. The molecule has 0 spiro atoms. The van der Waals surface area contributed by atoms with Crippen LogP contribution in [0.25, 0.3) is 17.0 Å². The van der Waals surface area contributed by atoms with Gasteiger partial charge in [0.25, 0.3) is 0 Å². The van der Waals surface area contributed by atoms with Gasteiger partial charge >= 0.3 is 0 Å². The lowest BCUT2D eigenvalue weighted by atomic mass is 10.1. The van der Waals surface area contributed by atoms with Gasteiger partial charge in [-0.3, -0.25) is 0 Å². The van der Waals surface area contributed by atoms with E-state index >= 15 is 0 Å². The largest absolute Gasteiger partial charge is 0.235 e. The van der Waals surface area contributed by atoms with Crippen LogP contribution in [0.4, 0.5) is 0 Å². The van der Waals surface area contributed by atoms with Gasteiger partial charge in [-0.05, 0) is 25.0 Å². The molecular weight excluding hydrogens is 310 g/mol. The van der Waals surface area contributed by atoms with Crippen LogP contribution in [-0.4, -0.2) is 10.3 Å². The molecule has 0 aliphatic carbocycles. The molecule has 18 heavy (non-hydrogen) atoms. The summed E-state index contributed by atoms with van der Waals surface area (Å²) < 4.78 is 0. The first kappa shape index (κ1) is 13.6. The molecule has 1 heterocycles. The van der Waals surface area contributed by atoms with Gasteiger partial charge < -0.3 is 0 Å². The van der Waals surface area contributed by atoms with Gasteiger partial charge in [0.2, 0.25) is 0 Å². The summed E-state index contributed by atoms with van der Waals surface area (Å²) in [6, 6.07) is 8.28. The van der Waals surface area contributed by atoms with Crippen molar-refractivity contribution in [1.29, 1.82) is 0 Å². The molecule has 0 N–H and O–H groups in total. The Kier molecular flexibility index (Phi) is 4.41. The third kappa shape index (κ3) is 2.76. The fourth-order valence-electron chi connectivity index (χ4n) is 1.90. The molecule has 0 amide bonds. The molecule has 2 rings (SSSR count). The molecule has 0 unspecified atom stereocenters. The van der Waals surface area contributed by atoms with Crippen molar-refractivity contribution in [2.45, 2.75) is 20.3 Å². The molecule has 0 aliphatic heterocycles. The van der Waals surface area contributed by atoms with E-state index < -0.39 is 0 Å². The Bertz CT molecular complexity index is 599. The third-order valence-corrected chi connectivity index (χ3v) is 4.04. The molecule has 94 valence electrons. The normalized spacial score (nSPS) is 12.1. The number of aryl methyl sites for hydroxylation is 1. The van der Waals surface area contributed by atoms with Crippen molar-refractivity contribution in [3.63, 3.8) is 0 Å². The lowest BCUT2D eigenvalue weighted by Crippen LogP contribution is -1.89. The van der Waals surface area contributed by atoms with Crippen LogP contribution >= 0.6 is 27.5 Å². The number of hydrogen-bond acceptors (Lipinski definition) is 1. The van der Waals surface area contributed by atoms with Crippen molar-refractivity contribution >= 4 is 44.5 Å². The lowest BCUT2D eigenvalue weighted by molar-refractivity contribution is 1.12. The quantitative estimate of drug-likeness (QED) is 0.545. The number of halogens is 2. The van der Waals surface area contributed by atoms with E-state index in [0.29, 0.717) is 5.15 Å². The molecular formula is C15H15BrClN. The average molecular weight is 325 g/mol. The third-order valence-electron chi connectivity index (χ3n) is 3.01. The molecule has 1 nitrogen and oxygen atoms in total. The highest BCUT2D eigenvalue weighted by atomic mass is 79.9. The van der Waals surface area contributed by atoms with Crippen LogP contribution in [-0.2, 0) is 0 Å². The summed E-state index contributed by atoms with van der Waals surface area (Å²) in [7, 11) is 0. The van der Waals surface area contributed by atoms with Crippen molar-refractivity contribution in [1.82, 2.24) is 4.98 Å². The number of aromatic nitrogens is 1. The average Bonchev–Trinajstić information content (AvgIpc) is 2.37. The number of alkyl halides is 1. The smallest absolute Gasteiger partial charge is 0.137 e. The number of para-hydroxylation sites is 1. The van der Waals surface area contributed by atoms with E-state index in [2.05, 4.69) is 59.0 Å². The van der Waals surface area contributed by atoms with Crippen LogP contribution in [0.2, 0.25) is 5.15 Å². The van der Waals surface area contributed by atoms with Crippen LogP contribution in [0.15, 0.2) is 29.8 Å². The van der Waals surface area contributed by atoms with Crippen LogP contribution in [0.1, 0.15) is 24.5 Å². The zero-order valence-electron chi connectivity index (χ0n) is 10.5. The minimum absolute atomic E-state index is 0.573. The van der Waals surface area contributed by atoms with Crippen molar-refractivity contribution in [2.75, 3.05) is 5.33 Å². The number of allylic oxidation sites excluding steroid dienone is 1. The van der Waals surface area contributed by atoms with Gasteiger partial charge in [-0.2, -0.15) is 0 Å². The molecule has 1 aromatic heterocycles. The maximum absolute atomic E-state index is 6.26. The highest BCUT2D eigenvalue weighted by Crippen LogP contribution is 2.25. The van der Waals surface area contributed by atoms with E-state index in [9.17, 15) is 0 Å². The number of benzene rings is 1. The van der Waals surface area contributed by atoms with E-state index in [1.54, 1.807) is 0 Å².